The van der Waals surface area contributed by atoms with Crippen LogP contribution in [0.4, 0.5) is 0 Å². The van der Waals surface area contributed by atoms with E-state index >= 15 is 0 Å². The van der Waals surface area contributed by atoms with Crippen LogP contribution >= 0.6 is 11.8 Å². The van der Waals surface area contributed by atoms with Crippen LogP contribution in [0.3, 0.4) is 0 Å². The Morgan fingerprint density at radius 3 is 3.08 bits per heavy atom. The van der Waals surface area contributed by atoms with E-state index in [0.717, 1.165) is 36.3 Å². The van der Waals surface area contributed by atoms with E-state index in [-0.39, 0.29) is 5.56 Å². The van der Waals surface area contributed by atoms with Crippen molar-refractivity contribution in [2.24, 2.45) is 0 Å². The average Bonchev–Trinajstić information content (AvgIpc) is 2.97. The third-order valence-corrected chi connectivity index (χ3v) is 5.22. The molecule has 3 aromatic rings. The number of H-pyrrole nitrogens is 2. The van der Waals surface area contributed by atoms with Gasteiger partial charge in [-0.3, -0.25) is 9.69 Å². The zero-order chi connectivity index (χ0) is 16.7. The summed E-state index contributed by atoms with van der Waals surface area (Å²) in [5.74, 6) is 0. The Balaban J connectivity index is 1.61. The molecule has 3 heterocycles. The zero-order valence-corrected chi connectivity index (χ0v) is 14.7. The van der Waals surface area contributed by atoms with Crippen molar-refractivity contribution in [1.82, 2.24) is 19.9 Å². The van der Waals surface area contributed by atoms with E-state index < -0.39 is 0 Å². The average molecular weight is 340 g/mol. The number of nitrogens with zero attached hydrogens (tertiary/aromatic N) is 2. The van der Waals surface area contributed by atoms with E-state index in [0.29, 0.717) is 11.7 Å². The SMILES string of the molecule is CSc1nc2c(c(=O)[nH]1)CN(Cc1c[nH]c3ccc(C)cc13)CC2. The highest BCUT2D eigenvalue weighted by Crippen LogP contribution is 2.23. The Morgan fingerprint density at radius 1 is 1.38 bits per heavy atom. The lowest BCUT2D eigenvalue weighted by atomic mass is 10.1. The Morgan fingerprint density at radius 2 is 2.25 bits per heavy atom. The normalized spacial score (nSPS) is 14.9. The van der Waals surface area contributed by atoms with Crippen LogP contribution in [0.5, 0.6) is 0 Å². The van der Waals surface area contributed by atoms with Gasteiger partial charge in [-0.25, -0.2) is 4.98 Å². The first kappa shape index (κ1) is 15.5. The first-order chi connectivity index (χ1) is 11.6. The van der Waals surface area contributed by atoms with Crippen molar-refractivity contribution < 1.29 is 0 Å². The molecule has 2 aromatic heterocycles. The Labute approximate surface area is 144 Å². The Kier molecular flexibility index (Phi) is 3.94. The molecule has 0 saturated carbocycles. The van der Waals surface area contributed by atoms with E-state index in [1.165, 1.54) is 28.3 Å². The molecular formula is C18H20N4OS. The number of benzene rings is 1. The summed E-state index contributed by atoms with van der Waals surface area (Å²) in [6.07, 6.45) is 4.84. The summed E-state index contributed by atoms with van der Waals surface area (Å²) in [7, 11) is 0. The molecule has 0 bridgehead atoms. The van der Waals surface area contributed by atoms with Gasteiger partial charge in [-0.15, -0.1) is 0 Å². The van der Waals surface area contributed by atoms with Crippen molar-refractivity contribution >= 4 is 22.7 Å². The minimum Gasteiger partial charge on any atom is -0.361 e. The van der Waals surface area contributed by atoms with E-state index in [1.54, 1.807) is 0 Å². The second kappa shape index (κ2) is 6.11. The maximum Gasteiger partial charge on any atom is 0.256 e. The van der Waals surface area contributed by atoms with Gasteiger partial charge in [-0.05, 0) is 30.9 Å². The topological polar surface area (TPSA) is 64.8 Å². The number of rotatable bonds is 3. The fourth-order valence-electron chi connectivity index (χ4n) is 3.35. The number of hydrogen-bond acceptors (Lipinski definition) is 4. The molecule has 1 aliphatic rings. The van der Waals surface area contributed by atoms with E-state index in [9.17, 15) is 4.79 Å². The summed E-state index contributed by atoms with van der Waals surface area (Å²) >= 11 is 1.48. The fraction of sp³-hybridized carbons (Fsp3) is 0.333. The first-order valence-electron chi connectivity index (χ1n) is 8.09. The molecular weight excluding hydrogens is 320 g/mol. The van der Waals surface area contributed by atoms with Gasteiger partial charge in [0.15, 0.2) is 5.16 Å². The largest absolute Gasteiger partial charge is 0.361 e. The number of aromatic nitrogens is 3. The van der Waals surface area contributed by atoms with Gasteiger partial charge in [-0.1, -0.05) is 23.4 Å². The summed E-state index contributed by atoms with van der Waals surface area (Å²) in [5, 5.41) is 1.98. The summed E-state index contributed by atoms with van der Waals surface area (Å²) in [6, 6.07) is 6.46. The van der Waals surface area contributed by atoms with Crippen molar-refractivity contribution in [2.75, 3.05) is 12.8 Å². The summed E-state index contributed by atoms with van der Waals surface area (Å²) in [5.41, 5.74) is 5.48. The van der Waals surface area contributed by atoms with Gasteiger partial charge in [0.1, 0.15) is 0 Å². The number of aromatic amines is 2. The quantitative estimate of drug-likeness (QED) is 0.568. The van der Waals surface area contributed by atoms with Crippen LogP contribution in [0.15, 0.2) is 34.3 Å². The molecule has 0 amide bonds. The Hall–Kier alpha value is -2.05. The smallest absolute Gasteiger partial charge is 0.256 e. The van der Waals surface area contributed by atoms with Crippen molar-refractivity contribution in [2.45, 2.75) is 31.6 Å². The van der Waals surface area contributed by atoms with Crippen molar-refractivity contribution in [3.8, 4) is 0 Å². The summed E-state index contributed by atoms with van der Waals surface area (Å²) in [6.45, 7) is 4.54. The van der Waals surface area contributed by atoms with Gasteiger partial charge < -0.3 is 9.97 Å². The minimum atomic E-state index is 0.00354. The number of thioether (sulfide) groups is 1. The van der Waals surface area contributed by atoms with E-state index in [4.69, 9.17) is 0 Å². The van der Waals surface area contributed by atoms with Crippen LogP contribution in [-0.2, 0) is 19.5 Å². The molecule has 2 N–H and O–H groups in total. The highest BCUT2D eigenvalue weighted by molar-refractivity contribution is 7.98. The standard InChI is InChI=1S/C18H20N4OS/c1-11-3-4-15-13(7-11)12(8-19-15)9-22-6-5-16-14(10-22)17(23)21-18(20-16)24-2/h3-4,7-8,19H,5-6,9-10H2,1-2H3,(H,20,21,23). The highest BCUT2D eigenvalue weighted by atomic mass is 32.2. The number of nitrogens with one attached hydrogen (secondary N) is 2. The van der Waals surface area contributed by atoms with Gasteiger partial charge >= 0.3 is 0 Å². The van der Waals surface area contributed by atoms with Crippen LogP contribution in [0.25, 0.3) is 10.9 Å². The lowest BCUT2D eigenvalue weighted by molar-refractivity contribution is 0.242. The lowest BCUT2D eigenvalue weighted by Crippen LogP contribution is -2.35. The number of hydrogen-bond donors (Lipinski definition) is 2. The molecule has 0 unspecified atom stereocenters. The van der Waals surface area contributed by atoms with Gasteiger partial charge in [0.2, 0.25) is 0 Å². The Bertz CT molecular complexity index is 959. The van der Waals surface area contributed by atoms with Gasteiger partial charge in [0.25, 0.3) is 5.56 Å². The third kappa shape index (κ3) is 2.76. The van der Waals surface area contributed by atoms with E-state index in [2.05, 4.69) is 51.2 Å². The van der Waals surface area contributed by atoms with Gasteiger partial charge in [0, 0.05) is 43.2 Å². The number of fused-ring (bicyclic) bond motifs is 2. The number of aryl methyl sites for hydroxylation is 1. The predicted octanol–water partition coefficient (Wildman–Crippen LogP) is 2.84. The van der Waals surface area contributed by atoms with Gasteiger partial charge in [-0.2, -0.15) is 0 Å². The lowest BCUT2D eigenvalue weighted by Gasteiger charge is -2.27. The molecule has 24 heavy (non-hydrogen) atoms. The van der Waals surface area contributed by atoms with Crippen LogP contribution in [0, 0.1) is 6.92 Å². The van der Waals surface area contributed by atoms with Crippen molar-refractivity contribution in [3.63, 3.8) is 0 Å². The fourth-order valence-corrected chi connectivity index (χ4v) is 3.75. The molecule has 0 radical (unpaired) electrons. The first-order valence-corrected chi connectivity index (χ1v) is 9.31. The van der Waals surface area contributed by atoms with Crippen LogP contribution in [0.1, 0.15) is 22.4 Å². The molecule has 0 saturated heterocycles. The van der Waals surface area contributed by atoms with E-state index in [1.807, 2.05) is 6.26 Å². The molecule has 0 fully saturated rings. The summed E-state index contributed by atoms with van der Waals surface area (Å²) in [4.78, 5) is 25.4. The second-order valence-electron chi connectivity index (χ2n) is 6.32. The van der Waals surface area contributed by atoms with Crippen molar-refractivity contribution in [3.05, 3.63) is 57.1 Å². The van der Waals surface area contributed by atoms with Crippen LogP contribution in [0.2, 0.25) is 0 Å². The van der Waals surface area contributed by atoms with Gasteiger partial charge in [0.05, 0.1) is 11.3 Å². The molecule has 0 atom stereocenters. The molecule has 124 valence electrons. The molecule has 5 nitrogen and oxygen atoms in total. The monoisotopic (exact) mass is 340 g/mol. The summed E-state index contributed by atoms with van der Waals surface area (Å²) < 4.78 is 0. The van der Waals surface area contributed by atoms with Crippen molar-refractivity contribution in [1.29, 1.82) is 0 Å². The van der Waals surface area contributed by atoms with Crippen LogP contribution < -0.4 is 5.56 Å². The maximum atomic E-state index is 12.3. The predicted molar refractivity (Wildman–Crippen MR) is 97.5 cm³/mol. The minimum absolute atomic E-state index is 0.00354. The second-order valence-corrected chi connectivity index (χ2v) is 7.12. The maximum absolute atomic E-state index is 12.3. The van der Waals surface area contributed by atoms with Crippen LogP contribution in [-0.4, -0.2) is 32.7 Å². The third-order valence-electron chi connectivity index (χ3n) is 4.64. The molecule has 1 aliphatic heterocycles. The molecule has 1 aromatic carbocycles. The molecule has 0 aliphatic carbocycles. The zero-order valence-electron chi connectivity index (χ0n) is 13.8. The molecule has 4 rings (SSSR count). The molecule has 6 heteroatoms. The molecule has 0 spiro atoms. The highest BCUT2D eigenvalue weighted by Gasteiger charge is 2.21.